The number of benzene rings is 1. The molecule has 0 spiro atoms. The van der Waals surface area contributed by atoms with Gasteiger partial charge in [-0.05, 0) is 43.9 Å². The summed E-state index contributed by atoms with van der Waals surface area (Å²) in [7, 11) is 0. The Kier molecular flexibility index (Phi) is 2.41. The SMILES string of the molecule is CC(Nc1cccc(C#N)c1)C1CC1. The highest BCUT2D eigenvalue weighted by molar-refractivity contribution is 5.49. The molecule has 1 atom stereocenters. The molecule has 1 aromatic carbocycles. The fraction of sp³-hybridized carbons (Fsp3) is 0.417. The number of nitriles is 1. The first-order valence-corrected chi connectivity index (χ1v) is 5.06. The van der Waals surface area contributed by atoms with Crippen molar-refractivity contribution >= 4 is 5.69 Å². The van der Waals surface area contributed by atoms with Gasteiger partial charge in [-0.25, -0.2) is 0 Å². The Balaban J connectivity index is 2.04. The molecular weight excluding hydrogens is 172 g/mol. The number of nitrogens with zero attached hydrogens (tertiary/aromatic N) is 1. The summed E-state index contributed by atoms with van der Waals surface area (Å²) >= 11 is 0. The minimum absolute atomic E-state index is 0.531. The van der Waals surface area contributed by atoms with Crippen LogP contribution in [0.5, 0.6) is 0 Å². The van der Waals surface area contributed by atoms with Crippen LogP contribution in [0.4, 0.5) is 5.69 Å². The first-order valence-electron chi connectivity index (χ1n) is 5.06. The van der Waals surface area contributed by atoms with E-state index in [1.807, 2.05) is 24.3 Å². The lowest BCUT2D eigenvalue weighted by atomic mass is 10.1. The van der Waals surface area contributed by atoms with Crippen LogP contribution in [0.25, 0.3) is 0 Å². The molecule has 1 unspecified atom stereocenters. The first-order chi connectivity index (χ1) is 6.79. The number of nitrogens with one attached hydrogen (secondary N) is 1. The second-order valence-electron chi connectivity index (χ2n) is 3.96. The van der Waals surface area contributed by atoms with E-state index < -0.39 is 0 Å². The van der Waals surface area contributed by atoms with E-state index in [0.29, 0.717) is 6.04 Å². The second-order valence-corrected chi connectivity index (χ2v) is 3.96. The summed E-state index contributed by atoms with van der Waals surface area (Å²) in [6, 6.07) is 10.3. The molecule has 0 aromatic heterocycles. The van der Waals surface area contributed by atoms with E-state index in [9.17, 15) is 0 Å². The molecule has 1 aliphatic rings. The van der Waals surface area contributed by atoms with Gasteiger partial charge in [0, 0.05) is 11.7 Å². The van der Waals surface area contributed by atoms with E-state index in [1.165, 1.54) is 12.8 Å². The normalized spacial score (nSPS) is 17.1. The van der Waals surface area contributed by atoms with Crippen LogP contribution in [-0.4, -0.2) is 6.04 Å². The molecule has 14 heavy (non-hydrogen) atoms. The van der Waals surface area contributed by atoms with Crippen molar-refractivity contribution in [3.05, 3.63) is 29.8 Å². The molecule has 0 saturated heterocycles. The highest BCUT2D eigenvalue weighted by Gasteiger charge is 2.27. The van der Waals surface area contributed by atoms with E-state index >= 15 is 0 Å². The van der Waals surface area contributed by atoms with Crippen LogP contribution in [0.15, 0.2) is 24.3 Å². The summed E-state index contributed by atoms with van der Waals surface area (Å²) in [5.74, 6) is 0.834. The van der Waals surface area contributed by atoms with Gasteiger partial charge in [0.05, 0.1) is 11.6 Å². The zero-order valence-electron chi connectivity index (χ0n) is 8.33. The van der Waals surface area contributed by atoms with Crippen LogP contribution < -0.4 is 5.32 Å². The highest BCUT2D eigenvalue weighted by atomic mass is 14.9. The lowest BCUT2D eigenvalue weighted by Crippen LogP contribution is -2.17. The Morgan fingerprint density at radius 1 is 1.50 bits per heavy atom. The molecule has 0 bridgehead atoms. The van der Waals surface area contributed by atoms with Crippen molar-refractivity contribution in [3.63, 3.8) is 0 Å². The molecule has 72 valence electrons. The third kappa shape index (κ3) is 2.05. The van der Waals surface area contributed by atoms with Crippen LogP contribution in [0, 0.1) is 17.2 Å². The molecule has 1 aromatic rings. The largest absolute Gasteiger partial charge is 0.382 e. The Bertz CT molecular complexity index is 361. The summed E-state index contributed by atoms with van der Waals surface area (Å²) in [5, 5.41) is 12.2. The molecule has 2 nitrogen and oxygen atoms in total. The van der Waals surface area contributed by atoms with E-state index in [1.54, 1.807) is 0 Å². The third-order valence-corrected chi connectivity index (χ3v) is 2.72. The Hall–Kier alpha value is -1.49. The summed E-state index contributed by atoms with van der Waals surface area (Å²) in [4.78, 5) is 0. The summed E-state index contributed by atoms with van der Waals surface area (Å²) in [6.45, 7) is 2.21. The summed E-state index contributed by atoms with van der Waals surface area (Å²) < 4.78 is 0. The number of rotatable bonds is 3. The molecule has 0 radical (unpaired) electrons. The highest BCUT2D eigenvalue weighted by Crippen LogP contribution is 2.33. The van der Waals surface area contributed by atoms with Crippen molar-refractivity contribution in [3.8, 4) is 6.07 Å². The molecular formula is C12H14N2. The monoisotopic (exact) mass is 186 g/mol. The van der Waals surface area contributed by atoms with Gasteiger partial charge >= 0.3 is 0 Å². The van der Waals surface area contributed by atoms with Crippen LogP contribution in [0.3, 0.4) is 0 Å². The third-order valence-electron chi connectivity index (χ3n) is 2.72. The van der Waals surface area contributed by atoms with Gasteiger partial charge in [0.2, 0.25) is 0 Å². The zero-order valence-corrected chi connectivity index (χ0v) is 8.33. The van der Waals surface area contributed by atoms with Gasteiger partial charge in [-0.3, -0.25) is 0 Å². The molecule has 1 N–H and O–H groups in total. The molecule has 2 rings (SSSR count). The minimum Gasteiger partial charge on any atom is -0.382 e. The molecule has 0 aliphatic heterocycles. The molecule has 1 aliphatic carbocycles. The van der Waals surface area contributed by atoms with Crippen molar-refractivity contribution in [2.45, 2.75) is 25.8 Å². The molecule has 2 heteroatoms. The van der Waals surface area contributed by atoms with Crippen molar-refractivity contribution in [2.24, 2.45) is 5.92 Å². The number of hydrogen-bond acceptors (Lipinski definition) is 2. The lowest BCUT2D eigenvalue weighted by molar-refractivity contribution is 0.694. The van der Waals surface area contributed by atoms with Gasteiger partial charge in [-0.2, -0.15) is 5.26 Å². The smallest absolute Gasteiger partial charge is 0.0992 e. The lowest BCUT2D eigenvalue weighted by Gasteiger charge is -2.14. The minimum atomic E-state index is 0.531. The average molecular weight is 186 g/mol. The predicted octanol–water partition coefficient (Wildman–Crippen LogP) is 2.77. The fourth-order valence-corrected chi connectivity index (χ4v) is 1.66. The predicted molar refractivity (Wildman–Crippen MR) is 57.0 cm³/mol. The van der Waals surface area contributed by atoms with Crippen LogP contribution in [0.2, 0.25) is 0 Å². The fourth-order valence-electron chi connectivity index (χ4n) is 1.66. The van der Waals surface area contributed by atoms with Gasteiger partial charge in [0.15, 0.2) is 0 Å². The number of anilines is 1. The standard InChI is InChI=1S/C12H14N2/c1-9(11-5-6-11)14-12-4-2-3-10(7-12)8-13/h2-4,7,9,11,14H,5-6H2,1H3. The summed E-state index contributed by atoms with van der Waals surface area (Å²) in [6.07, 6.45) is 2.68. The Morgan fingerprint density at radius 2 is 2.29 bits per heavy atom. The van der Waals surface area contributed by atoms with Crippen LogP contribution in [0.1, 0.15) is 25.3 Å². The summed E-state index contributed by atoms with van der Waals surface area (Å²) in [5.41, 5.74) is 1.78. The maximum absolute atomic E-state index is 8.74. The van der Waals surface area contributed by atoms with Crippen molar-refractivity contribution in [2.75, 3.05) is 5.32 Å². The van der Waals surface area contributed by atoms with Crippen molar-refractivity contribution in [1.29, 1.82) is 5.26 Å². The van der Waals surface area contributed by atoms with Crippen LogP contribution in [-0.2, 0) is 0 Å². The van der Waals surface area contributed by atoms with Crippen molar-refractivity contribution in [1.82, 2.24) is 0 Å². The molecule has 0 amide bonds. The molecule has 1 fully saturated rings. The number of hydrogen-bond donors (Lipinski definition) is 1. The zero-order chi connectivity index (χ0) is 9.97. The van der Waals surface area contributed by atoms with E-state index in [-0.39, 0.29) is 0 Å². The van der Waals surface area contributed by atoms with E-state index in [4.69, 9.17) is 5.26 Å². The topological polar surface area (TPSA) is 35.8 Å². The van der Waals surface area contributed by atoms with Gasteiger partial charge in [-0.15, -0.1) is 0 Å². The van der Waals surface area contributed by atoms with Gasteiger partial charge < -0.3 is 5.32 Å². The molecule has 1 saturated carbocycles. The van der Waals surface area contributed by atoms with Crippen LogP contribution >= 0.6 is 0 Å². The molecule has 0 heterocycles. The Morgan fingerprint density at radius 3 is 2.93 bits per heavy atom. The van der Waals surface area contributed by atoms with Gasteiger partial charge in [0.25, 0.3) is 0 Å². The van der Waals surface area contributed by atoms with Gasteiger partial charge in [0.1, 0.15) is 0 Å². The maximum Gasteiger partial charge on any atom is 0.0992 e. The quantitative estimate of drug-likeness (QED) is 0.787. The van der Waals surface area contributed by atoms with E-state index in [0.717, 1.165) is 17.2 Å². The van der Waals surface area contributed by atoms with E-state index in [2.05, 4.69) is 18.3 Å². The Labute approximate surface area is 84.6 Å². The van der Waals surface area contributed by atoms with Crippen molar-refractivity contribution < 1.29 is 0 Å². The first kappa shape index (κ1) is 9.08. The maximum atomic E-state index is 8.74. The average Bonchev–Trinajstić information content (AvgIpc) is 3.01. The van der Waals surface area contributed by atoms with Gasteiger partial charge in [-0.1, -0.05) is 6.07 Å². The second kappa shape index (κ2) is 3.71.